The third-order valence-corrected chi connectivity index (χ3v) is 5.51. The predicted molar refractivity (Wildman–Crippen MR) is 100 cm³/mol. The van der Waals surface area contributed by atoms with Crippen LogP contribution < -0.4 is 4.72 Å². The van der Waals surface area contributed by atoms with Crippen molar-refractivity contribution in [2.75, 3.05) is 6.54 Å². The Morgan fingerprint density at radius 3 is 2.38 bits per heavy atom. The summed E-state index contributed by atoms with van der Waals surface area (Å²) in [4.78, 5) is 11.9. The van der Waals surface area contributed by atoms with E-state index in [0.29, 0.717) is 15.8 Å². The van der Waals surface area contributed by atoms with Crippen LogP contribution in [-0.4, -0.2) is 20.9 Å². The van der Waals surface area contributed by atoms with Gasteiger partial charge in [0.2, 0.25) is 10.0 Å². The van der Waals surface area contributed by atoms with Gasteiger partial charge < -0.3 is 4.74 Å². The maximum atomic E-state index is 12.6. The number of carbonyl (C=O) groups excluding carboxylic acids is 1. The van der Waals surface area contributed by atoms with Crippen LogP contribution in [0.2, 0.25) is 5.02 Å². The molecule has 0 aromatic heterocycles. The Balaban J connectivity index is 1.71. The molecule has 0 unspecified atom stereocenters. The summed E-state index contributed by atoms with van der Waals surface area (Å²) in [6, 6.07) is 19.1. The summed E-state index contributed by atoms with van der Waals surface area (Å²) in [6.07, 6.45) is 0. The Morgan fingerprint density at radius 2 is 1.65 bits per heavy atom. The van der Waals surface area contributed by atoms with Crippen LogP contribution in [0.5, 0.6) is 0 Å². The molecule has 3 aromatic carbocycles. The summed E-state index contributed by atoms with van der Waals surface area (Å²) in [5.41, 5.74) is 0.824. The number of carbonyl (C=O) groups is 1. The maximum Gasteiger partial charge on any atom is 0.321 e. The van der Waals surface area contributed by atoms with Gasteiger partial charge in [0.25, 0.3) is 0 Å². The van der Waals surface area contributed by atoms with Gasteiger partial charge in [-0.1, -0.05) is 66.2 Å². The number of hydrogen-bond acceptors (Lipinski definition) is 4. The predicted octanol–water partition coefficient (Wildman–Crippen LogP) is 3.51. The fraction of sp³-hybridized carbons (Fsp3) is 0.105. The normalized spacial score (nSPS) is 11.4. The van der Waals surface area contributed by atoms with E-state index >= 15 is 0 Å². The minimum absolute atomic E-state index is 0.0245. The van der Waals surface area contributed by atoms with Gasteiger partial charge in [0.05, 0.1) is 4.90 Å². The summed E-state index contributed by atoms with van der Waals surface area (Å²) in [7, 11) is -3.92. The summed E-state index contributed by atoms with van der Waals surface area (Å²) >= 11 is 6.16. The zero-order chi connectivity index (χ0) is 18.6. The minimum atomic E-state index is -3.92. The second-order valence-corrected chi connectivity index (χ2v) is 7.71. The molecule has 0 aliphatic carbocycles. The summed E-state index contributed by atoms with van der Waals surface area (Å²) in [6.45, 7) is -0.377. The number of esters is 1. The molecule has 5 nitrogen and oxygen atoms in total. The van der Waals surface area contributed by atoms with Gasteiger partial charge >= 0.3 is 5.97 Å². The molecule has 3 aromatic rings. The number of nitrogens with one attached hydrogen (secondary N) is 1. The van der Waals surface area contributed by atoms with Gasteiger partial charge in [-0.25, -0.2) is 8.42 Å². The highest BCUT2D eigenvalue weighted by Crippen LogP contribution is 2.29. The fourth-order valence-electron chi connectivity index (χ4n) is 2.51. The summed E-state index contributed by atoms with van der Waals surface area (Å²) in [5.74, 6) is -0.663. The van der Waals surface area contributed by atoms with Gasteiger partial charge in [-0.15, -0.1) is 0 Å². The van der Waals surface area contributed by atoms with E-state index in [9.17, 15) is 13.2 Å². The lowest BCUT2D eigenvalue weighted by molar-refractivity contribution is -0.143. The molecule has 0 saturated heterocycles. The van der Waals surface area contributed by atoms with Crippen LogP contribution in [-0.2, 0) is 26.2 Å². The minimum Gasteiger partial charge on any atom is -0.460 e. The number of rotatable bonds is 6. The van der Waals surface area contributed by atoms with Crippen LogP contribution >= 0.6 is 11.6 Å². The number of hydrogen-bond donors (Lipinski definition) is 1. The van der Waals surface area contributed by atoms with Crippen LogP contribution in [0.3, 0.4) is 0 Å². The Kier molecular flexibility index (Phi) is 5.56. The number of ether oxygens (including phenoxy) is 1. The second-order valence-electron chi connectivity index (χ2n) is 5.56. The lowest BCUT2D eigenvalue weighted by Crippen LogP contribution is -2.30. The van der Waals surface area contributed by atoms with Crippen LogP contribution in [0.15, 0.2) is 71.6 Å². The first kappa shape index (κ1) is 18.4. The van der Waals surface area contributed by atoms with E-state index in [1.165, 1.54) is 6.07 Å². The smallest absolute Gasteiger partial charge is 0.321 e. The molecule has 3 rings (SSSR count). The molecular weight excluding hydrogens is 374 g/mol. The zero-order valence-corrected chi connectivity index (χ0v) is 15.3. The van der Waals surface area contributed by atoms with Gasteiger partial charge in [-0.3, -0.25) is 4.79 Å². The van der Waals surface area contributed by atoms with Gasteiger partial charge in [-0.2, -0.15) is 4.72 Å². The van der Waals surface area contributed by atoms with Crippen LogP contribution in [0.25, 0.3) is 10.8 Å². The number of halogens is 1. The lowest BCUT2D eigenvalue weighted by atomic mass is 10.1. The monoisotopic (exact) mass is 389 g/mol. The maximum absolute atomic E-state index is 12.6. The van der Waals surface area contributed by atoms with Gasteiger partial charge in [0.15, 0.2) is 0 Å². The van der Waals surface area contributed by atoms with Crippen LogP contribution in [0.4, 0.5) is 0 Å². The molecule has 1 N–H and O–H groups in total. The van der Waals surface area contributed by atoms with Crippen molar-refractivity contribution >= 4 is 38.4 Å². The molecule has 0 aliphatic heterocycles. The van der Waals surface area contributed by atoms with Crippen molar-refractivity contribution in [2.24, 2.45) is 0 Å². The highest BCUT2D eigenvalue weighted by molar-refractivity contribution is 7.89. The first-order valence-corrected chi connectivity index (χ1v) is 9.70. The third-order valence-electron chi connectivity index (χ3n) is 3.75. The topological polar surface area (TPSA) is 72.5 Å². The Bertz CT molecular complexity index is 1030. The molecule has 134 valence electrons. The molecule has 0 bridgehead atoms. The first-order chi connectivity index (χ1) is 12.5. The molecule has 0 spiro atoms. The SMILES string of the molecule is O=C(CNS(=O)(=O)c1cccc2cccc(Cl)c12)OCc1ccccc1. The Labute approximate surface area is 156 Å². The van der Waals surface area contributed by atoms with E-state index in [1.54, 1.807) is 30.3 Å². The second kappa shape index (κ2) is 7.86. The quantitative estimate of drug-likeness (QED) is 0.655. The van der Waals surface area contributed by atoms with Crippen molar-refractivity contribution in [1.82, 2.24) is 4.72 Å². The molecule has 0 aliphatic rings. The molecule has 0 fully saturated rings. The average molecular weight is 390 g/mol. The van der Waals surface area contributed by atoms with Crippen molar-refractivity contribution in [1.29, 1.82) is 0 Å². The van der Waals surface area contributed by atoms with Crippen molar-refractivity contribution in [3.63, 3.8) is 0 Å². The molecule has 0 heterocycles. The summed E-state index contributed by atoms with van der Waals surface area (Å²) in [5, 5.41) is 1.45. The van der Waals surface area contributed by atoms with E-state index in [2.05, 4.69) is 4.72 Å². The van der Waals surface area contributed by atoms with E-state index in [4.69, 9.17) is 16.3 Å². The largest absolute Gasteiger partial charge is 0.460 e. The highest BCUT2D eigenvalue weighted by atomic mass is 35.5. The van der Waals surface area contributed by atoms with Crippen molar-refractivity contribution in [3.05, 3.63) is 77.3 Å². The zero-order valence-electron chi connectivity index (χ0n) is 13.7. The molecule has 26 heavy (non-hydrogen) atoms. The highest BCUT2D eigenvalue weighted by Gasteiger charge is 2.20. The van der Waals surface area contributed by atoms with Crippen LogP contribution in [0, 0.1) is 0 Å². The lowest BCUT2D eigenvalue weighted by Gasteiger charge is -2.11. The third kappa shape index (κ3) is 4.22. The van der Waals surface area contributed by atoms with Gasteiger partial charge in [0.1, 0.15) is 13.2 Å². The molecule has 0 radical (unpaired) electrons. The van der Waals surface area contributed by atoms with Gasteiger partial charge in [0, 0.05) is 10.4 Å². The van der Waals surface area contributed by atoms with Crippen LogP contribution in [0.1, 0.15) is 5.56 Å². The summed E-state index contributed by atoms with van der Waals surface area (Å²) < 4.78 is 32.5. The molecule has 0 saturated carbocycles. The van der Waals surface area contributed by atoms with E-state index < -0.39 is 22.5 Å². The standard InChI is InChI=1S/C19H16ClNO4S/c20-16-10-4-8-15-9-5-11-17(19(15)16)26(23,24)21-12-18(22)25-13-14-6-2-1-3-7-14/h1-11,21H,12-13H2. The number of sulfonamides is 1. The number of fused-ring (bicyclic) bond motifs is 1. The average Bonchev–Trinajstić information content (AvgIpc) is 2.65. The fourth-order valence-corrected chi connectivity index (χ4v) is 4.06. The molecule has 0 atom stereocenters. The molecular formula is C19H16ClNO4S. The van der Waals surface area contributed by atoms with E-state index in [-0.39, 0.29) is 11.5 Å². The molecule has 0 amide bonds. The first-order valence-electron chi connectivity index (χ1n) is 7.84. The Morgan fingerprint density at radius 1 is 0.962 bits per heavy atom. The molecule has 7 heteroatoms. The van der Waals surface area contributed by atoms with Gasteiger partial charge in [-0.05, 0) is 23.1 Å². The van der Waals surface area contributed by atoms with E-state index in [0.717, 1.165) is 5.56 Å². The Hall–Kier alpha value is -2.41. The van der Waals surface area contributed by atoms with E-state index in [1.807, 2.05) is 30.3 Å². The van der Waals surface area contributed by atoms with Crippen molar-refractivity contribution in [2.45, 2.75) is 11.5 Å². The van der Waals surface area contributed by atoms with Crippen molar-refractivity contribution < 1.29 is 17.9 Å². The van der Waals surface area contributed by atoms with Crippen molar-refractivity contribution in [3.8, 4) is 0 Å². The number of benzene rings is 3.